The minimum Gasteiger partial charge on any atom is -0.505 e. The van der Waals surface area contributed by atoms with Crippen LogP contribution in [0.5, 0.6) is 17.4 Å². The number of benzene rings is 4. The molecule has 0 amide bonds. The number of hydrogen-bond acceptors (Lipinski definition) is 21. The monoisotopic (exact) mass is 943 g/mol. The molecule has 0 saturated carbocycles. The normalized spacial score (nSPS) is 13.2. The fraction of sp³-hybridized carbons (Fsp3) is 0.133. The van der Waals surface area contributed by atoms with Gasteiger partial charge in [-0.05, 0) is 62.6 Å². The van der Waals surface area contributed by atoms with E-state index in [0.29, 0.717) is 36.4 Å². The average Bonchev–Trinajstić information content (AvgIpc) is 3.48. The number of phenols is 2. The SMILES string of the molecule is CC(C)(C)n1nc(C(=O)O)c(N=Nc2ccc(N=Nc3c(S(=O)(=O)O)cc4cc(S(=O)(=O)O)c(N=Nc5ccc([N+](=O)[O-])cc5S(=O)(=O)O)c(O)c4c3O)c(S(=O)(=O)O)c2)c1O. The summed E-state index contributed by atoms with van der Waals surface area (Å²) in [5, 5.41) is 76.9. The summed E-state index contributed by atoms with van der Waals surface area (Å²) in [6.45, 7) is 4.71. The summed E-state index contributed by atoms with van der Waals surface area (Å²) in [6.07, 6.45) is 0. The lowest BCUT2D eigenvalue weighted by atomic mass is 10.1. The van der Waals surface area contributed by atoms with Gasteiger partial charge in [-0.25, -0.2) is 9.48 Å². The standard InChI is InChI=1S/C30H25N9O19S4/c1-30(2,3)38-28(42)24(25(37-38)29(43)44)36-31-13-4-6-15(17(10-13)59(47,48)49)32-34-22-19(61(53,54)55)8-12-9-20(62(56,57)58)23(27(41)21(12)26(22)40)35-33-16-7-5-14(39(45)46)11-18(16)60(50,51)52/h4-11,40-42H,1-3H3,(H,43,44)(H,47,48,49)(H,50,51,52)(H,53,54,55)(H,56,57,58). The van der Waals surface area contributed by atoms with Crippen LogP contribution < -0.4 is 0 Å². The maximum absolute atomic E-state index is 12.5. The third-order valence-electron chi connectivity index (χ3n) is 7.92. The fourth-order valence-electron chi connectivity index (χ4n) is 5.23. The van der Waals surface area contributed by atoms with Gasteiger partial charge in [0.25, 0.3) is 46.2 Å². The van der Waals surface area contributed by atoms with E-state index < -0.39 is 150 Å². The Bertz CT molecular complexity index is 3320. The number of carboxylic acid groups (broad SMARTS) is 1. The second-order valence-corrected chi connectivity index (χ2v) is 18.8. The second-order valence-electron chi connectivity index (χ2n) is 13.2. The van der Waals surface area contributed by atoms with E-state index in [0.717, 1.165) is 16.8 Å². The van der Waals surface area contributed by atoms with Gasteiger partial charge in [-0.3, -0.25) is 28.3 Å². The summed E-state index contributed by atoms with van der Waals surface area (Å²) < 4.78 is 139. The number of carbonyl (C=O) groups is 1. The molecule has 28 nitrogen and oxygen atoms in total. The minimum absolute atomic E-state index is 0.339. The number of phenolic OH excluding ortho intramolecular Hbond substituents is 2. The molecular formula is C30H25N9O19S4. The predicted octanol–water partition coefficient (Wildman–Crippen LogP) is 5.75. The quantitative estimate of drug-likeness (QED) is 0.0319. The Labute approximate surface area is 346 Å². The highest BCUT2D eigenvalue weighted by atomic mass is 32.2. The number of carboxylic acids is 1. The summed E-state index contributed by atoms with van der Waals surface area (Å²) in [4.78, 5) is 16.7. The van der Waals surface area contributed by atoms with Crippen LogP contribution in [0.15, 0.2) is 98.8 Å². The molecule has 1 heterocycles. The molecule has 0 bridgehead atoms. The third-order valence-corrected chi connectivity index (χ3v) is 11.4. The molecule has 0 spiro atoms. The van der Waals surface area contributed by atoms with Crippen LogP contribution in [-0.2, 0) is 46.0 Å². The highest BCUT2D eigenvalue weighted by Crippen LogP contribution is 2.50. The zero-order valence-corrected chi connectivity index (χ0v) is 34.1. The molecule has 0 aliphatic carbocycles. The largest absolute Gasteiger partial charge is 0.505 e. The lowest BCUT2D eigenvalue weighted by molar-refractivity contribution is -0.385. The Morgan fingerprint density at radius 3 is 1.50 bits per heavy atom. The number of nitro benzene ring substituents is 1. The fourth-order valence-corrected chi connectivity index (χ4v) is 7.83. The molecule has 0 radical (unpaired) electrons. The van der Waals surface area contributed by atoms with Crippen LogP contribution in [0.25, 0.3) is 10.8 Å². The summed E-state index contributed by atoms with van der Waals surface area (Å²) in [5.74, 6) is -5.33. The molecule has 0 atom stereocenters. The van der Waals surface area contributed by atoms with Crippen molar-refractivity contribution in [1.82, 2.24) is 9.78 Å². The van der Waals surface area contributed by atoms with Gasteiger partial charge >= 0.3 is 5.97 Å². The van der Waals surface area contributed by atoms with Crippen molar-refractivity contribution in [2.75, 3.05) is 0 Å². The molecule has 0 aliphatic heterocycles. The third kappa shape index (κ3) is 9.34. The van der Waals surface area contributed by atoms with Gasteiger partial charge in [0.05, 0.1) is 21.5 Å². The molecule has 5 aromatic rings. The summed E-state index contributed by atoms with van der Waals surface area (Å²) >= 11 is 0. The summed E-state index contributed by atoms with van der Waals surface area (Å²) in [6, 6.07) is 4.73. The van der Waals surface area contributed by atoms with Gasteiger partial charge in [0.2, 0.25) is 11.6 Å². The number of aromatic carboxylic acids is 1. The van der Waals surface area contributed by atoms with Crippen molar-refractivity contribution in [2.45, 2.75) is 45.9 Å². The van der Waals surface area contributed by atoms with Crippen molar-refractivity contribution in [3.05, 3.63) is 64.3 Å². The molecule has 0 aliphatic rings. The molecule has 32 heteroatoms. The molecule has 0 unspecified atom stereocenters. The van der Waals surface area contributed by atoms with Gasteiger partial charge in [0.15, 0.2) is 17.2 Å². The zero-order chi connectivity index (χ0) is 46.7. The maximum Gasteiger partial charge on any atom is 0.358 e. The first-order valence-electron chi connectivity index (χ1n) is 16.0. The highest BCUT2D eigenvalue weighted by Gasteiger charge is 2.31. The first-order valence-corrected chi connectivity index (χ1v) is 21.8. The van der Waals surface area contributed by atoms with Crippen LogP contribution in [0.3, 0.4) is 0 Å². The van der Waals surface area contributed by atoms with Gasteiger partial charge in [-0.15, -0.1) is 25.6 Å². The van der Waals surface area contributed by atoms with Crippen LogP contribution in [0.1, 0.15) is 31.3 Å². The van der Waals surface area contributed by atoms with Crippen LogP contribution in [0.4, 0.5) is 39.8 Å². The van der Waals surface area contributed by atoms with Crippen molar-refractivity contribution in [3.63, 3.8) is 0 Å². The van der Waals surface area contributed by atoms with Crippen LogP contribution in [0, 0.1) is 10.1 Å². The number of hydrogen-bond donors (Lipinski definition) is 8. The van der Waals surface area contributed by atoms with Crippen LogP contribution in [-0.4, -0.2) is 93.0 Å². The van der Waals surface area contributed by atoms with Crippen molar-refractivity contribution in [1.29, 1.82) is 0 Å². The molecule has 1 aromatic heterocycles. The number of non-ortho nitro benzene ring substituents is 1. The van der Waals surface area contributed by atoms with Crippen molar-refractivity contribution < 1.29 is 82.0 Å². The molecule has 8 N–H and O–H groups in total. The van der Waals surface area contributed by atoms with E-state index in [9.17, 15) is 87.2 Å². The van der Waals surface area contributed by atoms with Gasteiger partial charge in [-0.1, -0.05) is 0 Å². The molecule has 62 heavy (non-hydrogen) atoms. The smallest absolute Gasteiger partial charge is 0.358 e. The van der Waals surface area contributed by atoms with Crippen LogP contribution >= 0.6 is 0 Å². The maximum atomic E-state index is 12.5. The molecule has 0 fully saturated rings. The van der Waals surface area contributed by atoms with E-state index in [2.05, 4.69) is 35.8 Å². The van der Waals surface area contributed by atoms with Crippen molar-refractivity contribution >= 4 is 97.0 Å². The Balaban J connectivity index is 1.71. The van der Waals surface area contributed by atoms with Gasteiger partial charge in [-0.2, -0.15) is 43.9 Å². The molecule has 4 aromatic carbocycles. The van der Waals surface area contributed by atoms with Gasteiger partial charge in [0, 0.05) is 12.1 Å². The number of azo groups is 3. The molecule has 5 rings (SSSR count). The van der Waals surface area contributed by atoms with E-state index in [1.165, 1.54) is 0 Å². The van der Waals surface area contributed by atoms with Crippen LogP contribution in [0.2, 0.25) is 0 Å². The summed E-state index contributed by atoms with van der Waals surface area (Å²) in [7, 11) is -21.7. The lowest BCUT2D eigenvalue weighted by Gasteiger charge is -2.19. The molecule has 0 saturated heterocycles. The number of nitrogens with zero attached hydrogens (tertiary/aromatic N) is 9. The summed E-state index contributed by atoms with van der Waals surface area (Å²) in [5.41, 5.74) is -8.04. The topological polar surface area (TPSA) is 451 Å². The molecular weight excluding hydrogens is 919 g/mol. The zero-order valence-electron chi connectivity index (χ0n) is 30.8. The number of aromatic nitrogens is 2. The van der Waals surface area contributed by atoms with E-state index in [1.807, 2.05) is 0 Å². The highest BCUT2D eigenvalue weighted by molar-refractivity contribution is 7.86. The average molecular weight is 944 g/mol. The van der Waals surface area contributed by atoms with E-state index in [-0.39, 0.29) is 0 Å². The predicted molar refractivity (Wildman–Crippen MR) is 204 cm³/mol. The number of fused-ring (bicyclic) bond motifs is 1. The first kappa shape index (κ1) is 46.1. The van der Waals surface area contributed by atoms with E-state index >= 15 is 0 Å². The Morgan fingerprint density at radius 1 is 0.645 bits per heavy atom. The van der Waals surface area contributed by atoms with Gasteiger partial charge in [0.1, 0.15) is 42.3 Å². The van der Waals surface area contributed by atoms with Gasteiger partial charge < -0.3 is 20.4 Å². The number of nitro groups is 1. The Kier molecular flexibility index (Phi) is 11.8. The van der Waals surface area contributed by atoms with E-state index in [4.69, 9.17) is 0 Å². The van der Waals surface area contributed by atoms with E-state index in [1.54, 1.807) is 20.8 Å². The van der Waals surface area contributed by atoms with Crippen molar-refractivity contribution in [3.8, 4) is 17.4 Å². The first-order chi connectivity index (χ1) is 28.3. The number of rotatable bonds is 12. The Hall–Kier alpha value is -6.94. The molecule has 328 valence electrons. The number of aromatic hydroxyl groups is 3. The van der Waals surface area contributed by atoms with Crippen molar-refractivity contribution in [2.24, 2.45) is 30.7 Å². The Morgan fingerprint density at radius 2 is 1.08 bits per heavy atom. The lowest BCUT2D eigenvalue weighted by Crippen LogP contribution is -2.23. The second kappa shape index (κ2) is 15.8. The minimum atomic E-state index is -5.54.